The minimum absolute atomic E-state index is 0.0494. The number of fused-ring (bicyclic) bond motifs is 1. The van der Waals surface area contributed by atoms with E-state index in [4.69, 9.17) is 0 Å². The van der Waals surface area contributed by atoms with E-state index in [1.54, 1.807) is 0 Å². The molecule has 0 aromatic heterocycles. The third kappa shape index (κ3) is 3.57. The van der Waals surface area contributed by atoms with Crippen LogP contribution in [0.25, 0.3) is 5.57 Å². The molecule has 0 bridgehead atoms. The monoisotopic (exact) mass is 347 g/mol. The molecule has 0 saturated carbocycles. The van der Waals surface area contributed by atoms with Gasteiger partial charge in [-0.2, -0.15) is 0 Å². The van der Waals surface area contributed by atoms with Gasteiger partial charge in [0.1, 0.15) is 0 Å². The second-order valence-electron chi connectivity index (χ2n) is 7.08. The lowest BCUT2D eigenvalue weighted by atomic mass is 9.95. The van der Waals surface area contributed by atoms with Crippen molar-refractivity contribution < 1.29 is 4.79 Å². The molecule has 1 amide bonds. The van der Waals surface area contributed by atoms with Crippen LogP contribution in [-0.2, 0) is 13.0 Å². The molecule has 2 aromatic carbocycles. The Balaban J connectivity index is 1.51. The lowest BCUT2D eigenvalue weighted by Crippen LogP contribution is -2.24. The molecule has 134 valence electrons. The molecule has 2 heterocycles. The molecule has 4 rings (SSSR count). The third-order valence-corrected chi connectivity index (χ3v) is 5.25. The molecule has 4 nitrogen and oxygen atoms in total. The van der Waals surface area contributed by atoms with Crippen molar-refractivity contribution in [3.8, 4) is 0 Å². The van der Waals surface area contributed by atoms with Gasteiger partial charge in [-0.1, -0.05) is 18.2 Å². The molecular weight excluding hydrogens is 322 g/mol. The van der Waals surface area contributed by atoms with Crippen LogP contribution < -0.4 is 16.0 Å². The predicted molar refractivity (Wildman–Crippen MR) is 106 cm³/mol. The van der Waals surface area contributed by atoms with Crippen LogP contribution in [0.15, 0.2) is 42.5 Å². The molecule has 0 aliphatic carbocycles. The Morgan fingerprint density at radius 2 is 1.88 bits per heavy atom. The van der Waals surface area contributed by atoms with E-state index in [2.05, 4.69) is 47.1 Å². The summed E-state index contributed by atoms with van der Waals surface area (Å²) in [6.07, 6.45) is 4.34. The number of rotatable bonds is 3. The molecule has 0 spiro atoms. The highest BCUT2D eigenvalue weighted by Crippen LogP contribution is 2.26. The van der Waals surface area contributed by atoms with Gasteiger partial charge in [-0.05, 0) is 84.9 Å². The first-order chi connectivity index (χ1) is 12.7. The fourth-order valence-electron chi connectivity index (χ4n) is 3.79. The molecule has 0 unspecified atom stereocenters. The number of carbonyl (C=O) groups is 1. The van der Waals surface area contributed by atoms with Gasteiger partial charge in [0.2, 0.25) is 0 Å². The quantitative estimate of drug-likeness (QED) is 0.799. The fourth-order valence-corrected chi connectivity index (χ4v) is 3.79. The van der Waals surface area contributed by atoms with Crippen molar-refractivity contribution in [2.75, 3.05) is 25.0 Å². The minimum Gasteiger partial charge on any atom is -0.322 e. The first-order valence-electron chi connectivity index (χ1n) is 9.35. The molecule has 0 saturated heterocycles. The zero-order valence-electron chi connectivity index (χ0n) is 15.2. The van der Waals surface area contributed by atoms with Crippen molar-refractivity contribution in [2.24, 2.45) is 0 Å². The van der Waals surface area contributed by atoms with Crippen molar-refractivity contribution in [2.45, 2.75) is 26.3 Å². The van der Waals surface area contributed by atoms with Crippen LogP contribution in [0.1, 0.15) is 39.0 Å². The first-order valence-corrected chi connectivity index (χ1v) is 9.35. The molecule has 0 fully saturated rings. The zero-order valence-corrected chi connectivity index (χ0v) is 15.2. The summed E-state index contributed by atoms with van der Waals surface area (Å²) in [5.41, 5.74) is 8.01. The maximum absolute atomic E-state index is 12.6. The minimum atomic E-state index is -0.0494. The van der Waals surface area contributed by atoms with Crippen LogP contribution in [0.5, 0.6) is 0 Å². The summed E-state index contributed by atoms with van der Waals surface area (Å²) in [6.45, 7) is 5.92. The Morgan fingerprint density at radius 1 is 1.00 bits per heavy atom. The van der Waals surface area contributed by atoms with E-state index in [0.29, 0.717) is 0 Å². The predicted octanol–water partition coefficient (Wildman–Crippen LogP) is 3.27. The Bertz CT molecular complexity index is 870. The van der Waals surface area contributed by atoms with Gasteiger partial charge < -0.3 is 16.0 Å². The topological polar surface area (TPSA) is 53.2 Å². The van der Waals surface area contributed by atoms with Crippen LogP contribution >= 0.6 is 0 Å². The lowest BCUT2D eigenvalue weighted by Gasteiger charge is -2.18. The number of amides is 1. The van der Waals surface area contributed by atoms with Gasteiger partial charge in [0, 0.05) is 24.3 Å². The Kier molecular flexibility index (Phi) is 4.87. The van der Waals surface area contributed by atoms with Gasteiger partial charge >= 0.3 is 0 Å². The van der Waals surface area contributed by atoms with E-state index in [9.17, 15) is 4.79 Å². The number of benzene rings is 2. The Labute approximate surface area is 154 Å². The summed E-state index contributed by atoms with van der Waals surface area (Å²) < 4.78 is 0. The van der Waals surface area contributed by atoms with E-state index in [1.165, 1.54) is 27.8 Å². The summed E-state index contributed by atoms with van der Waals surface area (Å²) in [5, 5.41) is 9.75. The van der Waals surface area contributed by atoms with E-state index >= 15 is 0 Å². The molecule has 2 aromatic rings. The number of carbonyl (C=O) groups excluding carboxylic acids is 1. The summed E-state index contributed by atoms with van der Waals surface area (Å²) in [6, 6.07) is 12.2. The summed E-state index contributed by atoms with van der Waals surface area (Å²) in [5.74, 6) is -0.0494. The smallest absolute Gasteiger partial charge is 0.255 e. The SMILES string of the molecule is Cc1cc(NC(=O)c2ccc3c(c2)CNCC3)ccc1C1=CCNCC1. The molecule has 4 heteroatoms. The van der Waals surface area contributed by atoms with E-state index in [1.807, 2.05) is 18.2 Å². The molecule has 2 aliphatic rings. The molecule has 0 atom stereocenters. The van der Waals surface area contributed by atoms with Crippen molar-refractivity contribution >= 4 is 17.2 Å². The number of nitrogens with one attached hydrogen (secondary N) is 3. The third-order valence-electron chi connectivity index (χ3n) is 5.25. The second-order valence-corrected chi connectivity index (χ2v) is 7.08. The fraction of sp³-hybridized carbons (Fsp3) is 0.318. The van der Waals surface area contributed by atoms with Crippen LogP contribution in [0.3, 0.4) is 0 Å². The average Bonchev–Trinajstić information content (AvgIpc) is 2.68. The first kappa shape index (κ1) is 17.0. The number of hydrogen-bond donors (Lipinski definition) is 3. The molecule has 2 aliphatic heterocycles. The number of hydrogen-bond acceptors (Lipinski definition) is 3. The van der Waals surface area contributed by atoms with E-state index in [-0.39, 0.29) is 5.91 Å². The van der Waals surface area contributed by atoms with Crippen LogP contribution in [0.2, 0.25) is 0 Å². The summed E-state index contributed by atoms with van der Waals surface area (Å²) in [7, 11) is 0. The van der Waals surface area contributed by atoms with Gasteiger partial charge in [-0.3, -0.25) is 4.79 Å². The number of aryl methyl sites for hydroxylation is 1. The van der Waals surface area contributed by atoms with Gasteiger partial charge in [0.15, 0.2) is 0 Å². The van der Waals surface area contributed by atoms with E-state index in [0.717, 1.165) is 50.3 Å². The van der Waals surface area contributed by atoms with Crippen LogP contribution in [0.4, 0.5) is 5.69 Å². The van der Waals surface area contributed by atoms with Crippen molar-refractivity contribution in [1.82, 2.24) is 10.6 Å². The lowest BCUT2D eigenvalue weighted by molar-refractivity contribution is 0.102. The standard InChI is InChI=1S/C22H25N3O/c1-15-12-20(4-5-21(15)17-7-9-23-10-8-17)25-22(26)18-3-2-16-6-11-24-14-19(16)13-18/h2-5,7,12-13,23-24H,6,8-11,14H2,1H3,(H,25,26). The normalized spacial score (nSPS) is 16.6. The van der Waals surface area contributed by atoms with Crippen molar-refractivity contribution in [1.29, 1.82) is 0 Å². The highest BCUT2D eigenvalue weighted by atomic mass is 16.1. The summed E-state index contributed by atoms with van der Waals surface area (Å²) in [4.78, 5) is 12.6. The van der Waals surface area contributed by atoms with Gasteiger partial charge in [-0.25, -0.2) is 0 Å². The highest BCUT2D eigenvalue weighted by Gasteiger charge is 2.14. The molecule has 0 radical (unpaired) electrons. The van der Waals surface area contributed by atoms with Crippen molar-refractivity contribution in [3.63, 3.8) is 0 Å². The van der Waals surface area contributed by atoms with E-state index < -0.39 is 0 Å². The Hall–Kier alpha value is -2.43. The molecule has 26 heavy (non-hydrogen) atoms. The maximum atomic E-state index is 12.6. The van der Waals surface area contributed by atoms with Gasteiger partial charge in [-0.15, -0.1) is 0 Å². The zero-order chi connectivity index (χ0) is 17.9. The van der Waals surface area contributed by atoms with Crippen molar-refractivity contribution in [3.05, 3.63) is 70.3 Å². The van der Waals surface area contributed by atoms with Crippen LogP contribution in [0, 0.1) is 6.92 Å². The largest absolute Gasteiger partial charge is 0.322 e. The summed E-state index contributed by atoms with van der Waals surface area (Å²) >= 11 is 0. The molecule has 3 N–H and O–H groups in total. The molecular formula is C22H25N3O. The highest BCUT2D eigenvalue weighted by molar-refractivity contribution is 6.04. The average molecular weight is 347 g/mol. The maximum Gasteiger partial charge on any atom is 0.255 e. The second kappa shape index (κ2) is 7.44. The van der Waals surface area contributed by atoms with Gasteiger partial charge in [0.05, 0.1) is 0 Å². The Morgan fingerprint density at radius 3 is 2.69 bits per heavy atom. The van der Waals surface area contributed by atoms with Gasteiger partial charge in [0.25, 0.3) is 5.91 Å². The number of anilines is 1. The van der Waals surface area contributed by atoms with Crippen LogP contribution in [-0.4, -0.2) is 25.5 Å².